The molecule has 2 fully saturated rings. The first-order valence-electron chi connectivity index (χ1n) is 11.2. The summed E-state index contributed by atoms with van der Waals surface area (Å²) in [6.45, 7) is 7.79. The summed E-state index contributed by atoms with van der Waals surface area (Å²) in [5.41, 5.74) is 6.22. The minimum Gasteiger partial charge on any atom is -0.550 e. The van der Waals surface area contributed by atoms with Crippen molar-refractivity contribution in [2.24, 2.45) is 5.92 Å². The van der Waals surface area contributed by atoms with Crippen LogP contribution in [0, 0.1) is 5.92 Å². The molecule has 0 aromatic heterocycles. The van der Waals surface area contributed by atoms with Crippen molar-refractivity contribution in [2.75, 3.05) is 18.0 Å². The number of fused-ring (bicyclic) bond motifs is 1. The van der Waals surface area contributed by atoms with Crippen LogP contribution in [-0.2, 0) is 16.6 Å². The van der Waals surface area contributed by atoms with Crippen LogP contribution in [0.1, 0.15) is 57.6 Å². The molecule has 5 rings (SSSR count). The molecule has 2 aromatic rings. The summed E-state index contributed by atoms with van der Waals surface area (Å²) in [6.07, 6.45) is 5.76. The van der Waals surface area contributed by atoms with Gasteiger partial charge in [0.05, 0.1) is 0 Å². The zero-order valence-electron chi connectivity index (χ0n) is 19.2. The van der Waals surface area contributed by atoms with Crippen molar-refractivity contribution in [3.8, 4) is 16.9 Å². The van der Waals surface area contributed by atoms with E-state index < -0.39 is 5.97 Å². The summed E-state index contributed by atoms with van der Waals surface area (Å²) in [5.74, 6) is -0.246. The van der Waals surface area contributed by atoms with E-state index in [1.165, 1.54) is 41.5 Å². The summed E-state index contributed by atoms with van der Waals surface area (Å²) < 4.78 is 6.62. The SMILES string of the molecule is CC(C)(C)c1cc2c(c(-c3cccc(N4CC(C(=O)[O-])C4)c3)c1)CCC1(CCC1)O2.[Na+]. The molecule has 1 aliphatic carbocycles. The molecule has 0 radical (unpaired) electrons. The standard InChI is InChI=1S/C26H31NO3.Na/c1-25(2,3)19-13-22(21-8-11-26(9-5-10-26)30-23(21)14-19)17-6-4-7-20(12-17)27-15-18(16-27)24(28)29;/h4,6-7,12-14,18H,5,8-11,15-16H2,1-3H3,(H,28,29);/q;+1/p-1. The van der Waals surface area contributed by atoms with Gasteiger partial charge < -0.3 is 19.5 Å². The molecular formula is C26H30NNaO3. The Kier molecular flexibility index (Phi) is 5.95. The molecule has 4 nitrogen and oxygen atoms in total. The minimum absolute atomic E-state index is 0. The third kappa shape index (κ3) is 4.15. The predicted molar refractivity (Wildman–Crippen MR) is 117 cm³/mol. The topological polar surface area (TPSA) is 52.6 Å². The number of rotatable bonds is 3. The second-order valence-corrected chi connectivity index (χ2v) is 10.4. The second-order valence-electron chi connectivity index (χ2n) is 10.4. The first-order chi connectivity index (χ1) is 14.2. The maximum Gasteiger partial charge on any atom is 1.00 e. The molecule has 0 amide bonds. The Morgan fingerprint density at radius 2 is 1.87 bits per heavy atom. The Balaban J connectivity index is 0.00000231. The number of carboxylic acids is 1. The minimum atomic E-state index is -0.948. The first-order valence-corrected chi connectivity index (χ1v) is 11.2. The van der Waals surface area contributed by atoms with E-state index in [-0.39, 0.29) is 46.5 Å². The zero-order valence-corrected chi connectivity index (χ0v) is 21.2. The van der Waals surface area contributed by atoms with E-state index in [4.69, 9.17) is 4.74 Å². The van der Waals surface area contributed by atoms with E-state index in [2.05, 4.69) is 62.1 Å². The van der Waals surface area contributed by atoms with E-state index in [0.717, 1.165) is 24.3 Å². The first kappa shape index (κ1) is 22.7. The van der Waals surface area contributed by atoms with Gasteiger partial charge in [-0.2, -0.15) is 0 Å². The van der Waals surface area contributed by atoms with Crippen LogP contribution in [0.15, 0.2) is 36.4 Å². The van der Waals surface area contributed by atoms with Crippen molar-refractivity contribution in [2.45, 2.75) is 63.9 Å². The van der Waals surface area contributed by atoms with Crippen LogP contribution in [0.4, 0.5) is 5.69 Å². The van der Waals surface area contributed by atoms with Crippen molar-refractivity contribution in [3.05, 3.63) is 47.5 Å². The molecule has 2 aromatic carbocycles. The van der Waals surface area contributed by atoms with Gasteiger partial charge in [0.2, 0.25) is 0 Å². The predicted octanol–water partition coefficient (Wildman–Crippen LogP) is 1.09. The molecule has 2 heterocycles. The molecule has 0 N–H and O–H groups in total. The number of nitrogens with zero attached hydrogens (tertiary/aromatic N) is 1. The second kappa shape index (κ2) is 8.13. The number of carbonyl (C=O) groups excluding carboxylic acids is 1. The molecule has 0 atom stereocenters. The van der Waals surface area contributed by atoms with E-state index >= 15 is 0 Å². The van der Waals surface area contributed by atoms with Gasteiger partial charge in [0.1, 0.15) is 11.4 Å². The van der Waals surface area contributed by atoms with Gasteiger partial charge in [-0.15, -0.1) is 0 Å². The average Bonchev–Trinajstić information content (AvgIpc) is 2.63. The van der Waals surface area contributed by atoms with Gasteiger partial charge in [-0.1, -0.05) is 39.0 Å². The number of anilines is 1. The fourth-order valence-corrected chi connectivity index (χ4v) is 4.95. The van der Waals surface area contributed by atoms with Crippen LogP contribution in [-0.4, -0.2) is 24.7 Å². The zero-order chi connectivity index (χ0) is 21.1. The van der Waals surface area contributed by atoms with Gasteiger partial charge in [-0.3, -0.25) is 0 Å². The fourth-order valence-electron chi connectivity index (χ4n) is 4.95. The molecule has 158 valence electrons. The smallest absolute Gasteiger partial charge is 0.550 e. The Hall–Kier alpha value is -1.49. The number of hydrogen-bond donors (Lipinski definition) is 0. The Labute approximate surface area is 207 Å². The quantitative estimate of drug-likeness (QED) is 0.689. The number of aliphatic carboxylic acids is 1. The monoisotopic (exact) mass is 427 g/mol. The Bertz CT molecular complexity index is 1000. The number of carbonyl (C=O) groups is 1. The van der Waals surface area contributed by atoms with Crippen molar-refractivity contribution in [1.29, 1.82) is 0 Å². The van der Waals surface area contributed by atoms with E-state index in [0.29, 0.717) is 13.1 Å². The molecule has 2 aliphatic heterocycles. The number of carboxylic acid groups (broad SMARTS) is 1. The summed E-state index contributed by atoms with van der Waals surface area (Å²) in [5, 5.41) is 11.1. The number of hydrogen-bond acceptors (Lipinski definition) is 4. The Morgan fingerprint density at radius 1 is 1.13 bits per heavy atom. The molecule has 3 aliphatic rings. The van der Waals surface area contributed by atoms with Gasteiger partial charge in [-0.25, -0.2) is 0 Å². The van der Waals surface area contributed by atoms with Crippen molar-refractivity contribution >= 4 is 11.7 Å². The van der Waals surface area contributed by atoms with Crippen LogP contribution >= 0.6 is 0 Å². The number of benzene rings is 2. The van der Waals surface area contributed by atoms with E-state index in [1.54, 1.807) is 0 Å². The molecule has 1 spiro atoms. The summed E-state index contributed by atoms with van der Waals surface area (Å²) in [7, 11) is 0. The fraction of sp³-hybridized carbons (Fsp3) is 0.500. The third-order valence-corrected chi connectivity index (χ3v) is 7.23. The number of ether oxygens (including phenoxy) is 1. The van der Waals surface area contributed by atoms with Crippen LogP contribution in [0.5, 0.6) is 5.75 Å². The van der Waals surface area contributed by atoms with Gasteiger partial charge >= 0.3 is 29.6 Å². The molecular weight excluding hydrogens is 397 g/mol. The van der Waals surface area contributed by atoms with Gasteiger partial charge in [-0.05, 0) is 72.4 Å². The van der Waals surface area contributed by atoms with Crippen molar-refractivity contribution in [1.82, 2.24) is 0 Å². The van der Waals surface area contributed by atoms with Gasteiger partial charge in [0, 0.05) is 36.2 Å². The summed E-state index contributed by atoms with van der Waals surface area (Å²) >= 11 is 0. The average molecular weight is 428 g/mol. The Morgan fingerprint density at radius 3 is 2.48 bits per heavy atom. The van der Waals surface area contributed by atoms with Crippen LogP contribution in [0.3, 0.4) is 0 Å². The maximum absolute atomic E-state index is 11.1. The van der Waals surface area contributed by atoms with Crippen molar-refractivity contribution in [3.63, 3.8) is 0 Å². The molecule has 1 saturated carbocycles. The van der Waals surface area contributed by atoms with E-state index in [1.807, 2.05) is 0 Å². The molecule has 1 saturated heterocycles. The molecule has 31 heavy (non-hydrogen) atoms. The van der Waals surface area contributed by atoms with Crippen LogP contribution in [0.25, 0.3) is 11.1 Å². The van der Waals surface area contributed by atoms with Crippen molar-refractivity contribution < 1.29 is 44.2 Å². The van der Waals surface area contributed by atoms with E-state index in [9.17, 15) is 9.90 Å². The summed E-state index contributed by atoms with van der Waals surface area (Å²) in [4.78, 5) is 13.2. The maximum atomic E-state index is 11.1. The molecule has 5 heteroatoms. The van der Waals surface area contributed by atoms with Crippen LogP contribution < -0.4 is 44.3 Å². The normalized spacial score (nSPS) is 19.5. The van der Waals surface area contributed by atoms with Crippen LogP contribution in [0.2, 0.25) is 0 Å². The third-order valence-electron chi connectivity index (χ3n) is 7.23. The van der Waals surface area contributed by atoms with Gasteiger partial charge in [0.25, 0.3) is 0 Å². The summed E-state index contributed by atoms with van der Waals surface area (Å²) in [6, 6.07) is 13.1. The van der Waals surface area contributed by atoms with Gasteiger partial charge in [0.15, 0.2) is 0 Å². The molecule has 0 bridgehead atoms. The molecule has 0 unspecified atom stereocenters. The largest absolute Gasteiger partial charge is 1.00 e.